The maximum absolute atomic E-state index is 4.46. The first-order chi connectivity index (χ1) is 8.83. The molecule has 18 heavy (non-hydrogen) atoms. The van der Waals surface area contributed by atoms with E-state index >= 15 is 0 Å². The number of aryl methyl sites for hydroxylation is 1. The van der Waals surface area contributed by atoms with Gasteiger partial charge in [0.2, 0.25) is 0 Å². The standard InChI is InChI=1S/C14H14N4/c1-10-7-8-15-14-13(10)17-12(18-14)9-16-11-5-3-2-4-6-11/h2-8,16H,9H2,1H3,(H,15,17,18). The number of anilines is 1. The van der Waals surface area contributed by atoms with E-state index in [4.69, 9.17) is 0 Å². The average Bonchev–Trinajstić information content (AvgIpc) is 2.82. The molecular formula is C14H14N4. The minimum absolute atomic E-state index is 0.666. The van der Waals surface area contributed by atoms with E-state index in [9.17, 15) is 0 Å². The Balaban J connectivity index is 1.81. The summed E-state index contributed by atoms with van der Waals surface area (Å²) in [5, 5.41) is 3.32. The Morgan fingerprint density at radius 2 is 2.00 bits per heavy atom. The van der Waals surface area contributed by atoms with E-state index < -0.39 is 0 Å². The molecule has 4 heteroatoms. The molecule has 2 aromatic heterocycles. The van der Waals surface area contributed by atoms with Gasteiger partial charge < -0.3 is 10.3 Å². The van der Waals surface area contributed by atoms with Crippen molar-refractivity contribution in [2.24, 2.45) is 0 Å². The molecule has 4 nitrogen and oxygen atoms in total. The summed E-state index contributed by atoms with van der Waals surface area (Å²) in [5.41, 5.74) is 4.04. The Morgan fingerprint density at radius 1 is 1.17 bits per heavy atom. The normalized spacial score (nSPS) is 10.7. The van der Waals surface area contributed by atoms with Gasteiger partial charge in [-0.15, -0.1) is 0 Å². The summed E-state index contributed by atoms with van der Waals surface area (Å²) in [6.07, 6.45) is 1.78. The van der Waals surface area contributed by atoms with E-state index in [-0.39, 0.29) is 0 Å². The highest BCUT2D eigenvalue weighted by Gasteiger charge is 2.05. The first-order valence-corrected chi connectivity index (χ1v) is 5.92. The Bertz CT molecular complexity index is 658. The van der Waals surface area contributed by atoms with Crippen LogP contribution in [0.25, 0.3) is 11.2 Å². The summed E-state index contributed by atoms with van der Waals surface area (Å²) < 4.78 is 0. The van der Waals surface area contributed by atoms with Crippen LogP contribution in [0.5, 0.6) is 0 Å². The highest BCUT2D eigenvalue weighted by atomic mass is 15.0. The molecule has 0 atom stereocenters. The molecule has 0 fully saturated rings. The van der Waals surface area contributed by atoms with E-state index in [1.54, 1.807) is 6.20 Å². The van der Waals surface area contributed by atoms with Gasteiger partial charge in [-0.25, -0.2) is 9.97 Å². The highest BCUT2D eigenvalue weighted by Crippen LogP contribution is 2.14. The number of para-hydroxylation sites is 1. The second-order valence-corrected chi connectivity index (χ2v) is 4.23. The molecule has 0 radical (unpaired) electrons. The van der Waals surface area contributed by atoms with Gasteiger partial charge in [-0.2, -0.15) is 0 Å². The zero-order chi connectivity index (χ0) is 12.4. The fourth-order valence-corrected chi connectivity index (χ4v) is 1.91. The van der Waals surface area contributed by atoms with E-state index in [1.165, 1.54) is 5.56 Å². The highest BCUT2D eigenvalue weighted by molar-refractivity contribution is 5.74. The summed E-state index contributed by atoms with van der Waals surface area (Å²) in [6.45, 7) is 2.72. The first kappa shape index (κ1) is 10.8. The maximum atomic E-state index is 4.46. The van der Waals surface area contributed by atoms with E-state index in [0.29, 0.717) is 6.54 Å². The van der Waals surface area contributed by atoms with Gasteiger partial charge in [-0.05, 0) is 30.7 Å². The predicted molar refractivity (Wildman–Crippen MR) is 72.4 cm³/mol. The molecule has 2 heterocycles. The number of benzene rings is 1. The van der Waals surface area contributed by atoms with Crippen LogP contribution >= 0.6 is 0 Å². The molecule has 3 rings (SSSR count). The lowest BCUT2D eigenvalue weighted by atomic mass is 10.3. The third-order valence-electron chi connectivity index (χ3n) is 2.88. The summed E-state index contributed by atoms with van der Waals surface area (Å²) in [6, 6.07) is 12.1. The number of aromatic amines is 1. The zero-order valence-corrected chi connectivity index (χ0v) is 10.1. The van der Waals surface area contributed by atoms with Gasteiger partial charge in [-0.3, -0.25) is 0 Å². The van der Waals surface area contributed by atoms with Crippen LogP contribution in [-0.2, 0) is 6.54 Å². The second kappa shape index (κ2) is 4.49. The molecule has 0 aliphatic carbocycles. The molecule has 0 saturated heterocycles. The van der Waals surface area contributed by atoms with Crippen molar-refractivity contribution in [1.82, 2.24) is 15.0 Å². The van der Waals surface area contributed by atoms with Crippen molar-refractivity contribution in [1.29, 1.82) is 0 Å². The van der Waals surface area contributed by atoms with Gasteiger partial charge in [0.05, 0.1) is 12.1 Å². The summed E-state index contributed by atoms with van der Waals surface area (Å²) in [7, 11) is 0. The molecule has 0 bridgehead atoms. The fourth-order valence-electron chi connectivity index (χ4n) is 1.91. The van der Waals surface area contributed by atoms with Gasteiger partial charge in [-0.1, -0.05) is 18.2 Å². The summed E-state index contributed by atoms with van der Waals surface area (Å²) in [4.78, 5) is 12.0. The van der Waals surface area contributed by atoms with Gasteiger partial charge >= 0.3 is 0 Å². The Kier molecular flexibility index (Phi) is 2.68. The number of rotatable bonds is 3. The van der Waals surface area contributed by atoms with Crippen molar-refractivity contribution in [3.8, 4) is 0 Å². The van der Waals surface area contributed by atoms with Crippen LogP contribution in [0.3, 0.4) is 0 Å². The van der Waals surface area contributed by atoms with Gasteiger partial charge in [0, 0.05) is 11.9 Å². The first-order valence-electron chi connectivity index (χ1n) is 5.92. The molecular weight excluding hydrogens is 224 g/mol. The number of nitrogens with zero attached hydrogens (tertiary/aromatic N) is 2. The fraction of sp³-hybridized carbons (Fsp3) is 0.143. The van der Waals surface area contributed by atoms with Crippen molar-refractivity contribution in [3.63, 3.8) is 0 Å². The number of imidazole rings is 1. The largest absolute Gasteiger partial charge is 0.378 e. The van der Waals surface area contributed by atoms with Crippen LogP contribution in [0.15, 0.2) is 42.6 Å². The van der Waals surface area contributed by atoms with Gasteiger partial charge in [0.15, 0.2) is 5.65 Å². The molecule has 0 aliphatic rings. The summed E-state index contributed by atoms with van der Waals surface area (Å²) in [5.74, 6) is 0.899. The monoisotopic (exact) mass is 238 g/mol. The number of pyridine rings is 1. The minimum atomic E-state index is 0.666. The number of hydrogen-bond acceptors (Lipinski definition) is 3. The van der Waals surface area contributed by atoms with Crippen LogP contribution in [0.2, 0.25) is 0 Å². The lowest BCUT2D eigenvalue weighted by Crippen LogP contribution is -2.00. The molecule has 90 valence electrons. The molecule has 0 saturated carbocycles. The van der Waals surface area contributed by atoms with Gasteiger partial charge in [0.25, 0.3) is 0 Å². The number of H-pyrrole nitrogens is 1. The summed E-state index contributed by atoms with van der Waals surface area (Å²) >= 11 is 0. The van der Waals surface area contributed by atoms with Gasteiger partial charge in [0.1, 0.15) is 5.82 Å². The zero-order valence-electron chi connectivity index (χ0n) is 10.1. The Morgan fingerprint density at radius 3 is 2.78 bits per heavy atom. The predicted octanol–water partition coefficient (Wildman–Crippen LogP) is 2.88. The van der Waals surface area contributed by atoms with E-state index in [0.717, 1.165) is 22.7 Å². The molecule has 1 aromatic carbocycles. The number of aromatic nitrogens is 3. The lowest BCUT2D eigenvalue weighted by molar-refractivity contribution is 1.01. The van der Waals surface area contributed by atoms with E-state index in [1.807, 2.05) is 36.4 Å². The van der Waals surface area contributed by atoms with Crippen LogP contribution in [-0.4, -0.2) is 15.0 Å². The van der Waals surface area contributed by atoms with Crippen molar-refractivity contribution in [2.75, 3.05) is 5.32 Å². The van der Waals surface area contributed by atoms with Crippen molar-refractivity contribution in [2.45, 2.75) is 13.5 Å². The quantitative estimate of drug-likeness (QED) is 0.737. The number of nitrogens with one attached hydrogen (secondary N) is 2. The lowest BCUT2D eigenvalue weighted by Gasteiger charge is -2.02. The smallest absolute Gasteiger partial charge is 0.178 e. The van der Waals surface area contributed by atoms with Crippen LogP contribution in [0.1, 0.15) is 11.4 Å². The van der Waals surface area contributed by atoms with E-state index in [2.05, 4.69) is 27.2 Å². The third-order valence-corrected chi connectivity index (χ3v) is 2.88. The minimum Gasteiger partial charge on any atom is -0.378 e. The number of hydrogen-bond donors (Lipinski definition) is 2. The van der Waals surface area contributed by atoms with Crippen molar-refractivity contribution < 1.29 is 0 Å². The Hall–Kier alpha value is -2.36. The molecule has 0 unspecified atom stereocenters. The van der Waals surface area contributed by atoms with Crippen molar-refractivity contribution in [3.05, 3.63) is 54.0 Å². The Labute approximate surface area is 105 Å². The molecule has 0 spiro atoms. The molecule has 0 amide bonds. The van der Waals surface area contributed by atoms with Crippen LogP contribution < -0.4 is 5.32 Å². The SMILES string of the molecule is Cc1ccnc2nc(CNc3ccccc3)[nH]c12. The van der Waals surface area contributed by atoms with Crippen molar-refractivity contribution >= 4 is 16.9 Å². The maximum Gasteiger partial charge on any atom is 0.178 e. The van der Waals surface area contributed by atoms with Crippen LogP contribution in [0.4, 0.5) is 5.69 Å². The average molecular weight is 238 g/mol. The van der Waals surface area contributed by atoms with Crippen LogP contribution in [0, 0.1) is 6.92 Å². The second-order valence-electron chi connectivity index (χ2n) is 4.23. The molecule has 3 aromatic rings. The number of fused-ring (bicyclic) bond motifs is 1. The molecule has 2 N–H and O–H groups in total. The third kappa shape index (κ3) is 2.05. The molecule has 0 aliphatic heterocycles. The topological polar surface area (TPSA) is 53.6 Å².